The molecule has 0 saturated carbocycles. The van der Waals surface area contributed by atoms with Gasteiger partial charge in [0.2, 0.25) is 0 Å². The van der Waals surface area contributed by atoms with Gasteiger partial charge in [0.25, 0.3) is 0 Å². The minimum Gasteiger partial charge on any atom is -0.399 e. The Labute approximate surface area is 55.1 Å². The molecule has 0 aromatic rings. The summed E-state index contributed by atoms with van der Waals surface area (Å²) in [5, 5.41) is 6.48. The lowest BCUT2D eigenvalue weighted by atomic mass is 10.3. The number of rotatable bonds is 4. The molecule has 0 heterocycles. The Hall–Kier alpha value is -0.610. The predicted molar refractivity (Wildman–Crippen MR) is 37.4 cm³/mol. The first-order valence-corrected chi connectivity index (χ1v) is 2.79. The molecule has 0 aliphatic heterocycles. The van der Waals surface area contributed by atoms with Gasteiger partial charge in [0.05, 0.1) is 12.3 Å². The van der Waals surface area contributed by atoms with Crippen LogP contribution in [0.5, 0.6) is 0 Å². The summed E-state index contributed by atoms with van der Waals surface area (Å²) in [4.78, 5) is 4.45. The van der Waals surface area contributed by atoms with Gasteiger partial charge in [-0.3, -0.25) is 0 Å². The largest absolute Gasteiger partial charge is 0.399 e. The highest BCUT2D eigenvalue weighted by molar-refractivity contribution is 5.63. The Morgan fingerprint density at radius 1 is 1.89 bits per heavy atom. The van der Waals surface area contributed by atoms with Crippen molar-refractivity contribution in [1.29, 1.82) is 0 Å². The first kappa shape index (κ1) is 8.39. The molecular formula is C5H13N3O. The van der Waals surface area contributed by atoms with Crippen molar-refractivity contribution in [3.8, 4) is 0 Å². The van der Waals surface area contributed by atoms with Gasteiger partial charge in [-0.25, -0.2) is 0 Å². The van der Waals surface area contributed by atoms with Crippen LogP contribution in [0.15, 0.2) is 5.16 Å². The summed E-state index contributed by atoms with van der Waals surface area (Å²) in [5.41, 5.74) is 5.31. The number of hydrogen-bond acceptors (Lipinski definition) is 4. The van der Waals surface area contributed by atoms with E-state index >= 15 is 0 Å². The van der Waals surface area contributed by atoms with Crippen molar-refractivity contribution >= 4 is 6.21 Å². The molecule has 3 N–H and O–H groups in total. The first-order chi connectivity index (χ1) is 4.35. The zero-order valence-corrected chi connectivity index (χ0v) is 5.79. The van der Waals surface area contributed by atoms with Crippen molar-refractivity contribution in [3.05, 3.63) is 0 Å². The molecule has 1 unspecified atom stereocenters. The summed E-state index contributed by atoms with van der Waals surface area (Å²) in [5.74, 6) is 0. The fourth-order valence-corrected chi connectivity index (χ4v) is 0.388. The van der Waals surface area contributed by atoms with E-state index in [1.54, 1.807) is 6.21 Å². The van der Waals surface area contributed by atoms with E-state index in [0.29, 0.717) is 6.54 Å². The third kappa shape index (κ3) is 3.93. The second-order valence-corrected chi connectivity index (χ2v) is 1.57. The van der Waals surface area contributed by atoms with E-state index in [4.69, 9.17) is 5.73 Å². The molecule has 1 atom stereocenters. The summed E-state index contributed by atoms with van der Waals surface area (Å²) in [6, 6.07) is 0.116. The molecule has 0 saturated heterocycles. The molecular weight excluding hydrogens is 118 g/mol. The van der Waals surface area contributed by atoms with Gasteiger partial charge in [0.15, 0.2) is 0 Å². The van der Waals surface area contributed by atoms with Crippen molar-refractivity contribution < 1.29 is 4.84 Å². The van der Waals surface area contributed by atoms with Crippen molar-refractivity contribution in [2.24, 2.45) is 10.9 Å². The number of likely N-dealkylation sites (N-methyl/N-ethyl adjacent to an activating group) is 1. The van der Waals surface area contributed by atoms with Crippen molar-refractivity contribution in [2.45, 2.75) is 6.04 Å². The van der Waals surface area contributed by atoms with Crippen LogP contribution in [0.25, 0.3) is 0 Å². The molecule has 0 rings (SSSR count). The highest BCUT2D eigenvalue weighted by atomic mass is 16.6. The Balaban J connectivity index is 3.41. The standard InChI is InChI=1S/C5H13N3O/c1-7-5(3-6)4-8-9-2/h4-5,7H,3,6H2,1-2H3/b8-4+. The molecule has 9 heavy (non-hydrogen) atoms. The zero-order valence-electron chi connectivity index (χ0n) is 5.79. The van der Waals surface area contributed by atoms with E-state index < -0.39 is 0 Å². The quantitative estimate of drug-likeness (QED) is 0.386. The van der Waals surface area contributed by atoms with Gasteiger partial charge in [-0.2, -0.15) is 0 Å². The zero-order chi connectivity index (χ0) is 7.11. The lowest BCUT2D eigenvalue weighted by Gasteiger charge is -2.04. The smallest absolute Gasteiger partial charge is 0.106 e. The molecule has 0 aliphatic carbocycles. The van der Waals surface area contributed by atoms with Crippen molar-refractivity contribution in [3.63, 3.8) is 0 Å². The van der Waals surface area contributed by atoms with Gasteiger partial charge >= 0.3 is 0 Å². The Kier molecular flexibility index (Phi) is 5.15. The molecule has 54 valence electrons. The lowest BCUT2D eigenvalue weighted by Crippen LogP contribution is -2.34. The maximum atomic E-state index is 5.31. The Bertz CT molecular complexity index is 80.3. The van der Waals surface area contributed by atoms with Crippen molar-refractivity contribution in [2.75, 3.05) is 20.7 Å². The number of nitrogens with zero attached hydrogens (tertiary/aromatic N) is 1. The average molecular weight is 131 g/mol. The molecule has 0 fully saturated rings. The van der Waals surface area contributed by atoms with Crippen LogP contribution >= 0.6 is 0 Å². The van der Waals surface area contributed by atoms with Gasteiger partial charge in [-0.1, -0.05) is 5.16 Å². The summed E-state index contributed by atoms with van der Waals surface area (Å²) in [6.45, 7) is 0.531. The van der Waals surface area contributed by atoms with E-state index in [1.807, 2.05) is 7.05 Å². The van der Waals surface area contributed by atoms with Crippen LogP contribution in [0.3, 0.4) is 0 Å². The summed E-state index contributed by atoms with van der Waals surface area (Å²) in [7, 11) is 3.32. The minimum atomic E-state index is 0.116. The molecule has 0 bridgehead atoms. The monoisotopic (exact) mass is 131 g/mol. The molecule has 0 aromatic heterocycles. The molecule has 0 aliphatic rings. The Morgan fingerprint density at radius 3 is 2.89 bits per heavy atom. The average Bonchev–Trinajstić information content (AvgIpc) is 1.91. The van der Waals surface area contributed by atoms with E-state index in [1.165, 1.54) is 7.11 Å². The third-order valence-corrected chi connectivity index (χ3v) is 0.971. The summed E-state index contributed by atoms with van der Waals surface area (Å²) < 4.78 is 0. The number of hydrogen-bond donors (Lipinski definition) is 2. The second kappa shape index (κ2) is 5.53. The van der Waals surface area contributed by atoms with Crippen LogP contribution in [0.4, 0.5) is 0 Å². The van der Waals surface area contributed by atoms with Crippen LogP contribution in [0.2, 0.25) is 0 Å². The topological polar surface area (TPSA) is 59.6 Å². The summed E-state index contributed by atoms with van der Waals surface area (Å²) in [6.07, 6.45) is 1.62. The first-order valence-electron chi connectivity index (χ1n) is 2.79. The highest BCUT2D eigenvalue weighted by Gasteiger charge is 1.95. The highest BCUT2D eigenvalue weighted by Crippen LogP contribution is 1.72. The van der Waals surface area contributed by atoms with Crippen LogP contribution < -0.4 is 11.1 Å². The second-order valence-electron chi connectivity index (χ2n) is 1.57. The summed E-state index contributed by atoms with van der Waals surface area (Å²) >= 11 is 0. The molecule has 0 aromatic carbocycles. The maximum absolute atomic E-state index is 5.31. The van der Waals surface area contributed by atoms with Crippen LogP contribution in [-0.2, 0) is 4.84 Å². The van der Waals surface area contributed by atoms with Crippen LogP contribution in [0.1, 0.15) is 0 Å². The van der Waals surface area contributed by atoms with E-state index in [9.17, 15) is 0 Å². The van der Waals surface area contributed by atoms with Crippen LogP contribution in [0, 0.1) is 0 Å². The van der Waals surface area contributed by atoms with E-state index in [2.05, 4.69) is 15.3 Å². The molecule has 0 radical (unpaired) electrons. The van der Waals surface area contributed by atoms with Gasteiger partial charge in [0.1, 0.15) is 7.11 Å². The van der Waals surface area contributed by atoms with Crippen molar-refractivity contribution in [1.82, 2.24) is 5.32 Å². The van der Waals surface area contributed by atoms with Gasteiger partial charge in [0, 0.05) is 6.54 Å². The maximum Gasteiger partial charge on any atom is 0.106 e. The fraction of sp³-hybridized carbons (Fsp3) is 0.800. The number of oxime groups is 1. The van der Waals surface area contributed by atoms with E-state index in [-0.39, 0.29) is 6.04 Å². The third-order valence-electron chi connectivity index (χ3n) is 0.971. The predicted octanol–water partition coefficient (Wildman–Crippen LogP) is -0.835. The SMILES string of the molecule is CNC(/C=N/OC)CN. The normalized spacial score (nSPS) is 14.1. The number of nitrogens with two attached hydrogens (primary N) is 1. The molecule has 0 amide bonds. The van der Waals surface area contributed by atoms with Gasteiger partial charge in [-0.05, 0) is 7.05 Å². The lowest BCUT2D eigenvalue weighted by molar-refractivity contribution is 0.214. The molecule has 4 nitrogen and oxygen atoms in total. The Morgan fingerprint density at radius 2 is 2.56 bits per heavy atom. The van der Waals surface area contributed by atoms with Gasteiger partial charge < -0.3 is 15.9 Å². The van der Waals surface area contributed by atoms with Crippen LogP contribution in [-0.4, -0.2) is 33.0 Å². The molecule has 4 heteroatoms. The van der Waals surface area contributed by atoms with E-state index in [0.717, 1.165) is 0 Å². The molecule has 0 spiro atoms. The fourth-order valence-electron chi connectivity index (χ4n) is 0.388. The minimum absolute atomic E-state index is 0.116. The van der Waals surface area contributed by atoms with Gasteiger partial charge in [-0.15, -0.1) is 0 Å². The number of nitrogens with one attached hydrogen (secondary N) is 1.